The Labute approximate surface area is 83.7 Å². The van der Waals surface area contributed by atoms with Gasteiger partial charge in [-0.2, -0.15) is 0 Å². The molecule has 0 bridgehead atoms. The van der Waals surface area contributed by atoms with Crippen molar-refractivity contribution in [3.63, 3.8) is 0 Å². The summed E-state index contributed by atoms with van der Waals surface area (Å²) in [7, 11) is 0. The van der Waals surface area contributed by atoms with Gasteiger partial charge in [0.05, 0.1) is 6.54 Å². The van der Waals surface area contributed by atoms with Crippen molar-refractivity contribution in [2.24, 2.45) is 5.84 Å². The monoisotopic (exact) mass is 193 g/mol. The van der Waals surface area contributed by atoms with Crippen LogP contribution in [0.1, 0.15) is 13.3 Å². The number of hydrogen-bond donors (Lipinski definition) is 1. The summed E-state index contributed by atoms with van der Waals surface area (Å²) in [4.78, 5) is 3.93. The van der Waals surface area contributed by atoms with Gasteiger partial charge < -0.3 is 4.74 Å². The Balaban J connectivity index is 1.94. The minimum absolute atomic E-state index is 0.206. The lowest BCUT2D eigenvalue weighted by molar-refractivity contribution is 0.199. The van der Waals surface area contributed by atoms with E-state index in [1.165, 1.54) is 0 Å². The number of ether oxygens (including phenoxy) is 1. The lowest BCUT2D eigenvalue weighted by Crippen LogP contribution is -2.34. The Morgan fingerprint density at radius 1 is 1.50 bits per heavy atom. The molecule has 1 aliphatic heterocycles. The number of hydrogen-bond acceptors (Lipinski definition) is 4. The zero-order chi connectivity index (χ0) is 9.97. The summed E-state index contributed by atoms with van der Waals surface area (Å²) in [6.45, 7) is 2.90. The number of nitrogens with zero attached hydrogens (tertiary/aromatic N) is 2. The van der Waals surface area contributed by atoms with Crippen molar-refractivity contribution in [2.75, 3.05) is 6.54 Å². The smallest absolute Gasteiger partial charge is 0.122 e. The number of pyridine rings is 1. The van der Waals surface area contributed by atoms with Crippen LogP contribution in [0.2, 0.25) is 0 Å². The van der Waals surface area contributed by atoms with Crippen LogP contribution in [0.25, 0.3) is 0 Å². The predicted octanol–water partition coefficient (Wildman–Crippen LogP) is 0.797. The van der Waals surface area contributed by atoms with Crippen molar-refractivity contribution in [3.8, 4) is 5.75 Å². The molecule has 0 aromatic carbocycles. The van der Waals surface area contributed by atoms with E-state index < -0.39 is 0 Å². The Morgan fingerprint density at radius 2 is 2.21 bits per heavy atom. The predicted molar refractivity (Wildman–Crippen MR) is 53.6 cm³/mol. The third kappa shape index (κ3) is 2.02. The molecule has 0 amide bonds. The minimum atomic E-state index is 0.206. The highest BCUT2D eigenvalue weighted by Crippen LogP contribution is 2.19. The highest BCUT2D eigenvalue weighted by atomic mass is 16.5. The van der Waals surface area contributed by atoms with Gasteiger partial charge in [-0.25, -0.2) is 5.01 Å². The van der Waals surface area contributed by atoms with Crippen molar-refractivity contribution in [3.05, 3.63) is 24.5 Å². The van der Waals surface area contributed by atoms with Crippen LogP contribution in [0.5, 0.6) is 5.75 Å². The highest BCUT2D eigenvalue weighted by molar-refractivity contribution is 5.17. The average molecular weight is 193 g/mol. The zero-order valence-electron chi connectivity index (χ0n) is 8.26. The summed E-state index contributed by atoms with van der Waals surface area (Å²) < 4.78 is 5.75. The van der Waals surface area contributed by atoms with E-state index in [2.05, 4.69) is 11.9 Å². The van der Waals surface area contributed by atoms with Crippen LogP contribution < -0.4 is 10.6 Å². The molecule has 1 aromatic rings. The molecule has 1 aliphatic rings. The summed E-state index contributed by atoms with van der Waals surface area (Å²) in [6.07, 6.45) is 4.65. The summed E-state index contributed by atoms with van der Waals surface area (Å²) in [5.74, 6) is 6.63. The second-order valence-electron chi connectivity index (χ2n) is 3.70. The first kappa shape index (κ1) is 9.43. The molecule has 1 saturated heterocycles. The van der Waals surface area contributed by atoms with Gasteiger partial charge in [0.1, 0.15) is 11.9 Å². The topological polar surface area (TPSA) is 51.4 Å². The molecule has 2 heterocycles. The van der Waals surface area contributed by atoms with Gasteiger partial charge in [-0.15, -0.1) is 0 Å². The first-order valence-corrected chi connectivity index (χ1v) is 4.83. The minimum Gasteiger partial charge on any atom is -0.489 e. The molecule has 4 nitrogen and oxygen atoms in total. The summed E-state index contributed by atoms with van der Waals surface area (Å²) in [5, 5.41) is 1.83. The second-order valence-corrected chi connectivity index (χ2v) is 3.70. The molecule has 0 saturated carbocycles. The van der Waals surface area contributed by atoms with Gasteiger partial charge in [0, 0.05) is 24.9 Å². The van der Waals surface area contributed by atoms with E-state index in [9.17, 15) is 0 Å². The SMILES string of the molecule is CC1CC(Oc2ccncc2)CN1N. The van der Waals surface area contributed by atoms with E-state index in [4.69, 9.17) is 10.6 Å². The fraction of sp³-hybridized carbons (Fsp3) is 0.500. The first-order chi connectivity index (χ1) is 6.75. The van der Waals surface area contributed by atoms with Crippen molar-refractivity contribution < 1.29 is 4.74 Å². The van der Waals surface area contributed by atoms with Gasteiger partial charge in [-0.05, 0) is 19.1 Å². The average Bonchev–Trinajstić information content (AvgIpc) is 2.47. The fourth-order valence-electron chi connectivity index (χ4n) is 1.70. The molecule has 14 heavy (non-hydrogen) atoms. The Bertz CT molecular complexity index is 281. The Hall–Kier alpha value is -1.13. The van der Waals surface area contributed by atoms with E-state index in [0.717, 1.165) is 18.7 Å². The molecule has 1 aromatic heterocycles. The summed E-state index contributed by atoms with van der Waals surface area (Å²) >= 11 is 0. The van der Waals surface area contributed by atoms with Gasteiger partial charge in [0.25, 0.3) is 0 Å². The second kappa shape index (κ2) is 3.94. The van der Waals surface area contributed by atoms with Gasteiger partial charge in [0.2, 0.25) is 0 Å². The molecule has 4 heteroatoms. The van der Waals surface area contributed by atoms with Gasteiger partial charge >= 0.3 is 0 Å². The van der Waals surface area contributed by atoms with Crippen LogP contribution in [-0.2, 0) is 0 Å². The van der Waals surface area contributed by atoms with Crippen LogP contribution >= 0.6 is 0 Å². The third-order valence-corrected chi connectivity index (χ3v) is 2.54. The molecule has 0 spiro atoms. The van der Waals surface area contributed by atoms with Crippen molar-refractivity contribution in [2.45, 2.75) is 25.5 Å². The number of aromatic nitrogens is 1. The zero-order valence-corrected chi connectivity index (χ0v) is 8.26. The molecule has 76 valence electrons. The first-order valence-electron chi connectivity index (χ1n) is 4.83. The third-order valence-electron chi connectivity index (χ3n) is 2.54. The van der Waals surface area contributed by atoms with E-state index in [1.807, 2.05) is 17.1 Å². The van der Waals surface area contributed by atoms with Crippen LogP contribution in [0.15, 0.2) is 24.5 Å². The molecule has 2 rings (SSSR count). The van der Waals surface area contributed by atoms with Gasteiger partial charge in [-0.1, -0.05) is 0 Å². The highest BCUT2D eigenvalue weighted by Gasteiger charge is 2.28. The van der Waals surface area contributed by atoms with E-state index in [1.54, 1.807) is 12.4 Å². The normalized spacial score (nSPS) is 27.9. The molecule has 0 aliphatic carbocycles. The standard InChI is InChI=1S/C10H15N3O/c1-8-6-10(7-13(8)11)14-9-2-4-12-5-3-9/h2-5,8,10H,6-7,11H2,1H3. The van der Waals surface area contributed by atoms with E-state index in [0.29, 0.717) is 6.04 Å². The van der Waals surface area contributed by atoms with Crippen LogP contribution in [0, 0.1) is 0 Å². The largest absolute Gasteiger partial charge is 0.489 e. The maximum Gasteiger partial charge on any atom is 0.122 e. The van der Waals surface area contributed by atoms with Crippen LogP contribution in [0.4, 0.5) is 0 Å². The molecule has 1 fully saturated rings. The fourth-order valence-corrected chi connectivity index (χ4v) is 1.70. The molecule has 2 unspecified atom stereocenters. The molecular weight excluding hydrogens is 178 g/mol. The van der Waals surface area contributed by atoms with Crippen molar-refractivity contribution in [1.29, 1.82) is 0 Å². The van der Waals surface area contributed by atoms with E-state index >= 15 is 0 Å². The number of rotatable bonds is 2. The van der Waals surface area contributed by atoms with E-state index in [-0.39, 0.29) is 6.10 Å². The number of nitrogens with two attached hydrogens (primary N) is 1. The maximum absolute atomic E-state index is 5.76. The molecule has 0 radical (unpaired) electrons. The maximum atomic E-state index is 5.76. The molecule has 2 atom stereocenters. The van der Waals surface area contributed by atoms with Crippen molar-refractivity contribution in [1.82, 2.24) is 9.99 Å². The van der Waals surface area contributed by atoms with Crippen molar-refractivity contribution >= 4 is 0 Å². The molecular formula is C10H15N3O. The Morgan fingerprint density at radius 3 is 2.79 bits per heavy atom. The lowest BCUT2D eigenvalue weighted by Gasteiger charge is -2.13. The van der Waals surface area contributed by atoms with Gasteiger partial charge in [0.15, 0.2) is 0 Å². The quantitative estimate of drug-likeness (QED) is 0.706. The summed E-state index contributed by atoms with van der Waals surface area (Å²) in [5.41, 5.74) is 0. The lowest BCUT2D eigenvalue weighted by atomic mass is 10.2. The molecule has 2 N–H and O–H groups in total. The van der Waals surface area contributed by atoms with Crippen LogP contribution in [-0.4, -0.2) is 28.7 Å². The van der Waals surface area contributed by atoms with Gasteiger partial charge in [-0.3, -0.25) is 10.8 Å². The summed E-state index contributed by atoms with van der Waals surface area (Å²) in [6, 6.07) is 4.13. The van der Waals surface area contributed by atoms with Crippen LogP contribution in [0.3, 0.4) is 0 Å². The Kier molecular flexibility index (Phi) is 2.65. The number of hydrazine groups is 1.